The minimum absolute atomic E-state index is 0.174. The molecule has 4 heteroatoms. The molecule has 16 heavy (non-hydrogen) atoms. The zero-order valence-electron chi connectivity index (χ0n) is 9.62. The van der Waals surface area contributed by atoms with Crippen molar-refractivity contribution in [3.63, 3.8) is 0 Å². The molecule has 0 saturated carbocycles. The van der Waals surface area contributed by atoms with Crippen LogP contribution < -0.4 is 0 Å². The summed E-state index contributed by atoms with van der Waals surface area (Å²) in [6.45, 7) is 5.42. The van der Waals surface area contributed by atoms with Crippen LogP contribution in [-0.4, -0.2) is 11.6 Å². The predicted octanol–water partition coefficient (Wildman–Crippen LogP) is 3.16. The summed E-state index contributed by atoms with van der Waals surface area (Å²) >= 11 is 5.73. The van der Waals surface area contributed by atoms with E-state index in [0.717, 1.165) is 5.56 Å². The quantitative estimate of drug-likeness (QED) is 0.603. The van der Waals surface area contributed by atoms with Crippen molar-refractivity contribution in [3.05, 3.63) is 34.9 Å². The van der Waals surface area contributed by atoms with Gasteiger partial charge in [0.15, 0.2) is 0 Å². The highest BCUT2D eigenvalue weighted by Gasteiger charge is 2.15. The third-order valence-corrected chi connectivity index (χ3v) is 1.90. The third-order valence-electron chi connectivity index (χ3n) is 1.65. The summed E-state index contributed by atoms with van der Waals surface area (Å²) in [4.78, 5) is 20.9. The van der Waals surface area contributed by atoms with E-state index in [1.54, 1.807) is 24.3 Å². The van der Waals surface area contributed by atoms with E-state index in [4.69, 9.17) is 16.5 Å². The molecule has 0 N–H and O–H groups in total. The molecule has 0 aliphatic rings. The second-order valence-electron chi connectivity index (χ2n) is 4.45. The van der Waals surface area contributed by atoms with Crippen LogP contribution in [0.3, 0.4) is 0 Å². The van der Waals surface area contributed by atoms with Gasteiger partial charge in [0.1, 0.15) is 5.60 Å². The van der Waals surface area contributed by atoms with E-state index >= 15 is 0 Å². The number of halogens is 1. The summed E-state index contributed by atoms with van der Waals surface area (Å²) in [7, 11) is 0. The summed E-state index contributed by atoms with van der Waals surface area (Å²) < 4.78 is 0. The molecule has 1 aromatic rings. The van der Waals surface area contributed by atoms with Gasteiger partial charge in [0.25, 0.3) is 0 Å². The average molecular weight is 243 g/mol. The Hall–Kier alpha value is -1.06. The van der Waals surface area contributed by atoms with E-state index in [1.807, 2.05) is 20.8 Å². The van der Waals surface area contributed by atoms with E-state index in [2.05, 4.69) is 4.89 Å². The van der Waals surface area contributed by atoms with Crippen LogP contribution in [0.15, 0.2) is 24.3 Å². The van der Waals surface area contributed by atoms with Gasteiger partial charge in [-0.15, -0.1) is 0 Å². The first-order chi connectivity index (χ1) is 7.37. The minimum Gasteiger partial charge on any atom is -0.297 e. The number of hydrogen-bond acceptors (Lipinski definition) is 3. The van der Waals surface area contributed by atoms with Crippen molar-refractivity contribution in [3.8, 4) is 0 Å². The van der Waals surface area contributed by atoms with Gasteiger partial charge in [-0.2, -0.15) is 4.89 Å². The number of benzene rings is 1. The molecule has 0 spiro atoms. The average Bonchev–Trinajstić information content (AvgIpc) is 2.18. The second kappa shape index (κ2) is 5.32. The highest BCUT2D eigenvalue weighted by atomic mass is 35.5. The highest BCUT2D eigenvalue weighted by molar-refractivity contribution is 6.30. The van der Waals surface area contributed by atoms with E-state index < -0.39 is 11.6 Å². The van der Waals surface area contributed by atoms with Gasteiger partial charge in [-0.1, -0.05) is 23.7 Å². The maximum atomic E-state index is 11.4. The van der Waals surface area contributed by atoms with Gasteiger partial charge in [-0.05, 0) is 38.5 Å². The Morgan fingerprint density at radius 1 is 1.25 bits per heavy atom. The van der Waals surface area contributed by atoms with Crippen molar-refractivity contribution in [1.82, 2.24) is 0 Å². The van der Waals surface area contributed by atoms with Crippen LogP contribution in [0.1, 0.15) is 26.3 Å². The molecule has 0 aliphatic heterocycles. The Kier molecular flexibility index (Phi) is 4.33. The maximum absolute atomic E-state index is 11.4. The lowest BCUT2D eigenvalue weighted by molar-refractivity contribution is -0.320. The largest absolute Gasteiger partial charge is 0.346 e. The van der Waals surface area contributed by atoms with Crippen LogP contribution >= 0.6 is 11.6 Å². The van der Waals surface area contributed by atoms with E-state index in [-0.39, 0.29) is 6.42 Å². The molecule has 0 radical (unpaired) electrons. The zero-order valence-corrected chi connectivity index (χ0v) is 10.4. The summed E-state index contributed by atoms with van der Waals surface area (Å²) in [6.07, 6.45) is 0.174. The Balaban J connectivity index is 2.43. The first kappa shape index (κ1) is 13.0. The van der Waals surface area contributed by atoms with Crippen molar-refractivity contribution in [2.45, 2.75) is 32.8 Å². The Morgan fingerprint density at radius 2 is 1.81 bits per heavy atom. The minimum atomic E-state index is -0.490. The molecule has 0 saturated heterocycles. The summed E-state index contributed by atoms with van der Waals surface area (Å²) in [5, 5.41) is 0.642. The Labute approximate surface area is 100 Å². The molecule has 0 aromatic heterocycles. The normalized spacial score (nSPS) is 11.2. The van der Waals surface area contributed by atoms with Crippen LogP contribution in [0.4, 0.5) is 0 Å². The van der Waals surface area contributed by atoms with Crippen molar-refractivity contribution in [2.75, 3.05) is 0 Å². The van der Waals surface area contributed by atoms with Crippen LogP contribution in [0.5, 0.6) is 0 Å². The molecule has 1 aromatic carbocycles. The standard InChI is InChI=1S/C12H15ClO3/c1-12(2,3)16-15-11(14)8-9-4-6-10(13)7-5-9/h4-7H,8H2,1-3H3. The van der Waals surface area contributed by atoms with Crippen LogP contribution in [0, 0.1) is 0 Å². The third kappa shape index (κ3) is 5.14. The van der Waals surface area contributed by atoms with Gasteiger partial charge in [-0.25, -0.2) is 4.79 Å². The van der Waals surface area contributed by atoms with E-state index in [1.165, 1.54) is 0 Å². The molecular weight excluding hydrogens is 228 g/mol. The van der Waals surface area contributed by atoms with Gasteiger partial charge in [0, 0.05) is 5.02 Å². The Morgan fingerprint density at radius 3 is 2.31 bits per heavy atom. The summed E-state index contributed by atoms with van der Waals surface area (Å²) in [5.74, 6) is -0.419. The van der Waals surface area contributed by atoms with Crippen LogP contribution in [0.25, 0.3) is 0 Å². The SMILES string of the molecule is CC(C)(C)OOC(=O)Cc1ccc(Cl)cc1. The monoisotopic (exact) mass is 242 g/mol. The van der Waals surface area contributed by atoms with Crippen molar-refractivity contribution in [1.29, 1.82) is 0 Å². The lowest BCUT2D eigenvalue weighted by Crippen LogP contribution is -2.22. The van der Waals surface area contributed by atoms with Gasteiger partial charge in [-0.3, -0.25) is 4.89 Å². The molecule has 0 bridgehead atoms. The zero-order chi connectivity index (χ0) is 12.2. The molecule has 0 aliphatic carbocycles. The van der Waals surface area contributed by atoms with Gasteiger partial charge in [0.2, 0.25) is 0 Å². The van der Waals surface area contributed by atoms with Crippen molar-refractivity contribution < 1.29 is 14.6 Å². The maximum Gasteiger partial charge on any atom is 0.346 e. The Bertz CT molecular complexity index is 352. The van der Waals surface area contributed by atoms with Crippen LogP contribution in [0.2, 0.25) is 5.02 Å². The van der Waals surface area contributed by atoms with Crippen LogP contribution in [-0.2, 0) is 21.0 Å². The fraction of sp³-hybridized carbons (Fsp3) is 0.417. The highest BCUT2D eigenvalue weighted by Crippen LogP contribution is 2.12. The molecule has 0 fully saturated rings. The molecule has 88 valence electrons. The molecule has 0 unspecified atom stereocenters. The molecule has 0 atom stereocenters. The predicted molar refractivity (Wildman–Crippen MR) is 62.1 cm³/mol. The number of rotatable bonds is 3. The second-order valence-corrected chi connectivity index (χ2v) is 4.89. The summed E-state index contributed by atoms with van der Waals surface area (Å²) in [5.41, 5.74) is 0.349. The molecule has 0 amide bonds. The van der Waals surface area contributed by atoms with Gasteiger partial charge >= 0.3 is 5.97 Å². The number of carbonyl (C=O) groups excluding carboxylic acids is 1. The molecule has 1 rings (SSSR count). The fourth-order valence-electron chi connectivity index (χ4n) is 0.970. The molecular formula is C12H15ClO3. The van der Waals surface area contributed by atoms with E-state index in [0.29, 0.717) is 5.02 Å². The topological polar surface area (TPSA) is 35.5 Å². The van der Waals surface area contributed by atoms with Crippen molar-refractivity contribution in [2.24, 2.45) is 0 Å². The van der Waals surface area contributed by atoms with Gasteiger partial charge < -0.3 is 0 Å². The fourth-order valence-corrected chi connectivity index (χ4v) is 1.10. The summed E-state index contributed by atoms with van der Waals surface area (Å²) in [6, 6.07) is 7.02. The van der Waals surface area contributed by atoms with E-state index in [9.17, 15) is 4.79 Å². The first-order valence-corrected chi connectivity index (χ1v) is 5.37. The molecule has 0 heterocycles. The smallest absolute Gasteiger partial charge is 0.297 e. The van der Waals surface area contributed by atoms with Crippen molar-refractivity contribution >= 4 is 17.6 Å². The number of carbonyl (C=O) groups is 1. The van der Waals surface area contributed by atoms with Gasteiger partial charge in [0.05, 0.1) is 6.42 Å². The molecule has 3 nitrogen and oxygen atoms in total. The lowest BCUT2D eigenvalue weighted by Gasteiger charge is -2.16. The lowest BCUT2D eigenvalue weighted by atomic mass is 10.2. The first-order valence-electron chi connectivity index (χ1n) is 5.00. The number of hydrogen-bond donors (Lipinski definition) is 0.